The quantitative estimate of drug-likeness (QED) is 0.681. The van der Waals surface area contributed by atoms with Crippen molar-refractivity contribution in [3.05, 3.63) is 35.9 Å². The Labute approximate surface area is 118 Å². The lowest BCUT2D eigenvalue weighted by molar-refractivity contribution is -0.157. The number of hydrogen-bond acceptors (Lipinski definition) is 5. The molecule has 0 unspecified atom stereocenters. The Morgan fingerprint density at radius 3 is 2.45 bits per heavy atom. The smallest absolute Gasteiger partial charge is 0.312 e. The topological polar surface area (TPSA) is 61.8 Å². The first-order valence-electron chi connectivity index (χ1n) is 6.52. The molecule has 0 saturated heterocycles. The fraction of sp³-hybridized carbons (Fsp3) is 0.467. The first-order valence-corrected chi connectivity index (χ1v) is 6.52. The molecule has 5 heteroatoms. The van der Waals surface area contributed by atoms with E-state index >= 15 is 0 Å². The van der Waals surface area contributed by atoms with Gasteiger partial charge in [-0.3, -0.25) is 9.59 Å². The minimum Gasteiger partial charge on any atom is -0.466 e. The summed E-state index contributed by atoms with van der Waals surface area (Å²) < 4.78 is 15.0. The van der Waals surface area contributed by atoms with Crippen LogP contribution in [0.1, 0.15) is 18.9 Å². The van der Waals surface area contributed by atoms with Crippen molar-refractivity contribution < 1.29 is 23.8 Å². The van der Waals surface area contributed by atoms with Gasteiger partial charge >= 0.3 is 11.9 Å². The van der Waals surface area contributed by atoms with Crippen molar-refractivity contribution in [2.75, 3.05) is 20.3 Å². The molecule has 0 amide bonds. The van der Waals surface area contributed by atoms with Crippen LogP contribution in [-0.4, -0.2) is 32.3 Å². The second-order valence-electron chi connectivity index (χ2n) is 4.25. The van der Waals surface area contributed by atoms with Gasteiger partial charge in [0.25, 0.3) is 0 Å². The Hall–Kier alpha value is -1.88. The number of hydrogen-bond donors (Lipinski definition) is 0. The molecule has 0 saturated carbocycles. The molecule has 0 heterocycles. The van der Waals surface area contributed by atoms with E-state index in [-0.39, 0.29) is 26.2 Å². The van der Waals surface area contributed by atoms with Crippen LogP contribution in [0.4, 0.5) is 0 Å². The minimum absolute atomic E-state index is 0.0324. The van der Waals surface area contributed by atoms with E-state index in [4.69, 9.17) is 14.2 Å². The monoisotopic (exact) mass is 280 g/mol. The van der Waals surface area contributed by atoms with E-state index in [0.29, 0.717) is 0 Å². The van der Waals surface area contributed by atoms with Crippen molar-refractivity contribution in [2.24, 2.45) is 5.92 Å². The second-order valence-corrected chi connectivity index (χ2v) is 4.25. The van der Waals surface area contributed by atoms with Crippen molar-refractivity contribution in [3.63, 3.8) is 0 Å². The molecule has 0 aliphatic carbocycles. The molecule has 5 nitrogen and oxygen atoms in total. The van der Waals surface area contributed by atoms with Crippen LogP contribution in [0, 0.1) is 5.92 Å². The van der Waals surface area contributed by atoms with Crippen LogP contribution in [0.5, 0.6) is 0 Å². The summed E-state index contributed by atoms with van der Waals surface area (Å²) in [5.74, 6) is -1.52. The van der Waals surface area contributed by atoms with Gasteiger partial charge in [0.1, 0.15) is 6.61 Å². The number of benzene rings is 1. The van der Waals surface area contributed by atoms with Crippen molar-refractivity contribution in [1.82, 2.24) is 0 Å². The molecular weight excluding hydrogens is 260 g/mol. The average molecular weight is 280 g/mol. The standard InChI is InChI=1S/C15H20O5/c1-3-19-14(16)9-13(11-18-2)15(17)20-10-12-7-5-4-6-8-12/h4-8,13H,3,9-11H2,1-2H3/t13-/m1/s1. The van der Waals surface area contributed by atoms with Crippen LogP contribution in [0.3, 0.4) is 0 Å². The van der Waals surface area contributed by atoms with Crippen LogP contribution in [-0.2, 0) is 30.4 Å². The predicted molar refractivity (Wildman–Crippen MR) is 72.9 cm³/mol. The lowest BCUT2D eigenvalue weighted by atomic mass is 10.1. The van der Waals surface area contributed by atoms with Crippen molar-refractivity contribution in [2.45, 2.75) is 20.0 Å². The molecule has 0 N–H and O–H groups in total. The highest BCUT2D eigenvalue weighted by Gasteiger charge is 2.24. The zero-order valence-electron chi connectivity index (χ0n) is 11.8. The maximum atomic E-state index is 11.9. The molecule has 110 valence electrons. The Morgan fingerprint density at radius 2 is 1.85 bits per heavy atom. The number of ether oxygens (including phenoxy) is 3. The highest BCUT2D eigenvalue weighted by atomic mass is 16.5. The lowest BCUT2D eigenvalue weighted by Crippen LogP contribution is -2.25. The normalized spacial score (nSPS) is 11.7. The second kappa shape index (κ2) is 9.09. The van der Waals surface area contributed by atoms with Crippen molar-refractivity contribution in [1.29, 1.82) is 0 Å². The van der Waals surface area contributed by atoms with Crippen LogP contribution in [0.2, 0.25) is 0 Å². The summed E-state index contributed by atoms with van der Waals surface area (Å²) in [6.07, 6.45) is -0.0324. The third-order valence-corrected chi connectivity index (χ3v) is 2.64. The van der Waals surface area contributed by atoms with Crippen LogP contribution in [0.25, 0.3) is 0 Å². The minimum atomic E-state index is -0.636. The molecule has 1 rings (SSSR count). The Balaban J connectivity index is 2.49. The molecule has 1 atom stereocenters. The van der Waals surface area contributed by atoms with Crippen molar-refractivity contribution >= 4 is 11.9 Å². The molecular formula is C15H20O5. The van der Waals surface area contributed by atoms with Gasteiger partial charge in [-0.1, -0.05) is 30.3 Å². The third-order valence-electron chi connectivity index (χ3n) is 2.64. The van der Waals surface area contributed by atoms with Gasteiger partial charge in [0.15, 0.2) is 0 Å². The van der Waals surface area contributed by atoms with Gasteiger partial charge < -0.3 is 14.2 Å². The Kier molecular flexibility index (Phi) is 7.35. The van der Waals surface area contributed by atoms with Gasteiger partial charge in [-0.15, -0.1) is 0 Å². The molecule has 1 aromatic rings. The summed E-state index contributed by atoms with van der Waals surface area (Å²) in [6, 6.07) is 9.36. The fourth-order valence-corrected chi connectivity index (χ4v) is 1.68. The van der Waals surface area contributed by atoms with E-state index in [2.05, 4.69) is 0 Å². The Morgan fingerprint density at radius 1 is 1.15 bits per heavy atom. The first kappa shape index (κ1) is 16.2. The van der Waals surface area contributed by atoms with Crippen LogP contribution in [0.15, 0.2) is 30.3 Å². The van der Waals surface area contributed by atoms with Crippen LogP contribution >= 0.6 is 0 Å². The summed E-state index contributed by atoms with van der Waals surface area (Å²) in [5, 5.41) is 0. The number of carbonyl (C=O) groups is 2. The molecule has 0 aromatic heterocycles. The predicted octanol–water partition coefficient (Wildman–Crippen LogP) is 1.95. The summed E-state index contributed by atoms with van der Waals surface area (Å²) in [7, 11) is 1.47. The summed E-state index contributed by atoms with van der Waals surface area (Å²) in [4.78, 5) is 23.4. The van der Waals surface area contributed by atoms with E-state index in [1.165, 1.54) is 7.11 Å². The number of carbonyl (C=O) groups excluding carboxylic acids is 2. The number of rotatable bonds is 8. The molecule has 0 radical (unpaired) electrons. The SMILES string of the molecule is CCOC(=O)C[C@H](COC)C(=O)OCc1ccccc1. The van der Waals surface area contributed by atoms with Gasteiger partial charge in [-0.05, 0) is 12.5 Å². The molecule has 0 aliphatic rings. The van der Waals surface area contributed by atoms with Crippen LogP contribution < -0.4 is 0 Å². The number of esters is 2. The summed E-state index contributed by atoms with van der Waals surface area (Å²) in [5.41, 5.74) is 0.896. The summed E-state index contributed by atoms with van der Waals surface area (Å²) >= 11 is 0. The van der Waals surface area contributed by atoms with Gasteiger partial charge in [0, 0.05) is 7.11 Å². The van der Waals surface area contributed by atoms with E-state index < -0.39 is 17.9 Å². The molecule has 20 heavy (non-hydrogen) atoms. The fourth-order valence-electron chi connectivity index (χ4n) is 1.68. The first-order chi connectivity index (χ1) is 9.67. The maximum Gasteiger partial charge on any atom is 0.312 e. The number of methoxy groups -OCH3 is 1. The van der Waals surface area contributed by atoms with Gasteiger partial charge in [-0.25, -0.2) is 0 Å². The molecule has 0 fully saturated rings. The highest BCUT2D eigenvalue weighted by molar-refractivity contribution is 5.80. The van der Waals surface area contributed by atoms with E-state index in [9.17, 15) is 9.59 Å². The van der Waals surface area contributed by atoms with Crippen molar-refractivity contribution in [3.8, 4) is 0 Å². The average Bonchev–Trinajstić information content (AvgIpc) is 2.45. The molecule has 0 spiro atoms. The van der Waals surface area contributed by atoms with E-state index in [0.717, 1.165) is 5.56 Å². The molecule has 1 aromatic carbocycles. The zero-order valence-corrected chi connectivity index (χ0v) is 11.8. The third kappa shape index (κ3) is 5.84. The largest absolute Gasteiger partial charge is 0.466 e. The maximum absolute atomic E-state index is 11.9. The van der Waals surface area contributed by atoms with E-state index in [1.807, 2.05) is 30.3 Å². The molecule has 0 bridgehead atoms. The van der Waals surface area contributed by atoms with Gasteiger partial charge in [0.2, 0.25) is 0 Å². The summed E-state index contributed by atoms with van der Waals surface area (Å²) in [6.45, 7) is 2.32. The van der Waals surface area contributed by atoms with Gasteiger partial charge in [0.05, 0.1) is 25.6 Å². The molecule has 0 aliphatic heterocycles. The highest BCUT2D eigenvalue weighted by Crippen LogP contribution is 2.10. The van der Waals surface area contributed by atoms with E-state index in [1.54, 1.807) is 6.92 Å². The Bertz CT molecular complexity index is 416. The lowest BCUT2D eigenvalue weighted by Gasteiger charge is -2.14. The zero-order chi connectivity index (χ0) is 14.8. The van der Waals surface area contributed by atoms with Gasteiger partial charge in [-0.2, -0.15) is 0 Å².